The molecule has 2 aromatic rings. The topological polar surface area (TPSA) is 66.4 Å². The van der Waals surface area contributed by atoms with Crippen LogP contribution in [0, 0.1) is 6.92 Å². The number of benzene rings is 1. The lowest BCUT2D eigenvalue weighted by molar-refractivity contribution is 0.0696. The zero-order valence-electron chi connectivity index (χ0n) is 9.94. The van der Waals surface area contributed by atoms with Crippen LogP contribution in [0.1, 0.15) is 25.6 Å². The van der Waals surface area contributed by atoms with Crippen LogP contribution < -0.4 is 5.32 Å². The van der Waals surface area contributed by atoms with Crippen LogP contribution in [0.4, 0.5) is 5.69 Å². The number of hydrogen-bond donors (Lipinski definition) is 2. The van der Waals surface area contributed by atoms with Gasteiger partial charge in [0.05, 0.1) is 10.6 Å². The van der Waals surface area contributed by atoms with E-state index in [1.54, 1.807) is 0 Å². The maximum Gasteiger partial charge on any atom is 0.335 e. The average molecular weight is 296 g/mol. The van der Waals surface area contributed by atoms with Gasteiger partial charge in [0, 0.05) is 5.69 Å². The zero-order chi connectivity index (χ0) is 14.0. The number of carboxylic acids is 1. The Kier molecular flexibility index (Phi) is 3.87. The molecule has 0 saturated heterocycles. The second-order valence-electron chi connectivity index (χ2n) is 3.90. The molecule has 0 atom stereocenters. The van der Waals surface area contributed by atoms with Crippen molar-refractivity contribution in [2.24, 2.45) is 0 Å². The Bertz CT molecular complexity index is 634. The Morgan fingerprint density at radius 2 is 1.89 bits per heavy atom. The molecule has 2 rings (SSSR count). The zero-order valence-corrected chi connectivity index (χ0v) is 11.5. The molecule has 0 fully saturated rings. The molecule has 19 heavy (non-hydrogen) atoms. The smallest absolute Gasteiger partial charge is 0.335 e. The Labute approximate surface area is 118 Å². The van der Waals surface area contributed by atoms with Crippen molar-refractivity contribution in [3.63, 3.8) is 0 Å². The Morgan fingerprint density at radius 3 is 2.37 bits per heavy atom. The van der Waals surface area contributed by atoms with Crippen LogP contribution in [0.15, 0.2) is 29.6 Å². The molecular weight excluding hydrogens is 286 g/mol. The molecule has 0 spiro atoms. The molecule has 98 valence electrons. The first-order valence-corrected chi connectivity index (χ1v) is 6.63. The fourth-order valence-electron chi connectivity index (χ4n) is 1.47. The normalized spacial score (nSPS) is 10.2. The first-order valence-electron chi connectivity index (χ1n) is 5.37. The van der Waals surface area contributed by atoms with E-state index in [2.05, 4.69) is 5.32 Å². The molecule has 1 aromatic carbocycles. The van der Waals surface area contributed by atoms with Gasteiger partial charge in [0.2, 0.25) is 0 Å². The lowest BCUT2D eigenvalue weighted by Gasteiger charge is -2.04. The second-order valence-corrected chi connectivity index (χ2v) is 5.16. The molecule has 6 heteroatoms. The van der Waals surface area contributed by atoms with Gasteiger partial charge in [0.15, 0.2) is 0 Å². The summed E-state index contributed by atoms with van der Waals surface area (Å²) in [5.74, 6) is -1.30. The van der Waals surface area contributed by atoms with Gasteiger partial charge in [-0.05, 0) is 42.1 Å². The van der Waals surface area contributed by atoms with Crippen molar-refractivity contribution in [1.82, 2.24) is 0 Å². The fraction of sp³-hybridized carbons (Fsp3) is 0.0769. The van der Waals surface area contributed by atoms with Crippen molar-refractivity contribution in [3.8, 4) is 0 Å². The molecule has 0 aliphatic rings. The minimum atomic E-state index is -1.00. The second kappa shape index (κ2) is 5.42. The quantitative estimate of drug-likeness (QED) is 0.908. The summed E-state index contributed by atoms with van der Waals surface area (Å²) in [4.78, 5) is 23.1. The lowest BCUT2D eigenvalue weighted by Crippen LogP contribution is -2.10. The minimum Gasteiger partial charge on any atom is -0.478 e. The third-order valence-electron chi connectivity index (χ3n) is 2.50. The van der Waals surface area contributed by atoms with E-state index in [1.807, 2.05) is 12.3 Å². The number of carbonyl (C=O) groups is 2. The molecule has 0 aliphatic heterocycles. The van der Waals surface area contributed by atoms with Gasteiger partial charge in [-0.15, -0.1) is 11.3 Å². The number of rotatable bonds is 3. The number of anilines is 1. The van der Waals surface area contributed by atoms with E-state index in [-0.39, 0.29) is 11.5 Å². The largest absolute Gasteiger partial charge is 0.478 e. The first kappa shape index (κ1) is 13.6. The maximum atomic E-state index is 12.0. The van der Waals surface area contributed by atoms with Crippen LogP contribution in [0.25, 0.3) is 0 Å². The molecule has 0 aliphatic carbocycles. The van der Waals surface area contributed by atoms with Crippen molar-refractivity contribution < 1.29 is 14.7 Å². The van der Waals surface area contributed by atoms with Gasteiger partial charge in [-0.1, -0.05) is 11.6 Å². The van der Waals surface area contributed by atoms with Crippen LogP contribution in [0.5, 0.6) is 0 Å². The Balaban J connectivity index is 2.15. The van der Waals surface area contributed by atoms with E-state index in [0.717, 1.165) is 5.56 Å². The maximum absolute atomic E-state index is 12.0. The van der Waals surface area contributed by atoms with E-state index in [1.165, 1.54) is 35.6 Å². The summed E-state index contributed by atoms with van der Waals surface area (Å²) in [6, 6.07) is 5.93. The molecule has 2 N–H and O–H groups in total. The molecule has 0 radical (unpaired) electrons. The van der Waals surface area contributed by atoms with Crippen molar-refractivity contribution in [1.29, 1.82) is 0 Å². The van der Waals surface area contributed by atoms with E-state index in [0.29, 0.717) is 15.6 Å². The van der Waals surface area contributed by atoms with Crippen molar-refractivity contribution in [3.05, 3.63) is 50.7 Å². The number of carbonyl (C=O) groups excluding carboxylic acids is 1. The SMILES string of the molecule is Cc1csc(C(=O)Nc2ccc(C(=O)O)cc2)c1Cl. The van der Waals surface area contributed by atoms with Gasteiger partial charge in [-0.25, -0.2) is 4.79 Å². The minimum absolute atomic E-state index is 0.169. The van der Waals surface area contributed by atoms with E-state index >= 15 is 0 Å². The molecule has 0 bridgehead atoms. The van der Waals surface area contributed by atoms with Gasteiger partial charge in [0.1, 0.15) is 4.88 Å². The fourth-order valence-corrected chi connectivity index (χ4v) is 2.64. The first-order chi connectivity index (χ1) is 8.99. The van der Waals surface area contributed by atoms with Crippen LogP contribution in [-0.4, -0.2) is 17.0 Å². The molecule has 1 amide bonds. The highest BCUT2D eigenvalue weighted by Crippen LogP contribution is 2.27. The van der Waals surface area contributed by atoms with Gasteiger partial charge >= 0.3 is 5.97 Å². The third kappa shape index (κ3) is 2.94. The van der Waals surface area contributed by atoms with Gasteiger partial charge < -0.3 is 10.4 Å². The summed E-state index contributed by atoms with van der Waals surface area (Å²) in [6.07, 6.45) is 0. The predicted molar refractivity (Wildman–Crippen MR) is 75.4 cm³/mol. The highest BCUT2D eigenvalue weighted by molar-refractivity contribution is 7.13. The number of hydrogen-bond acceptors (Lipinski definition) is 3. The highest BCUT2D eigenvalue weighted by atomic mass is 35.5. The molecule has 0 saturated carbocycles. The summed E-state index contributed by atoms with van der Waals surface area (Å²) in [6.45, 7) is 1.83. The molecule has 4 nitrogen and oxygen atoms in total. The number of thiophene rings is 1. The number of amides is 1. The van der Waals surface area contributed by atoms with Crippen molar-refractivity contribution in [2.45, 2.75) is 6.92 Å². The average Bonchev–Trinajstić information content (AvgIpc) is 2.70. The number of aromatic carboxylic acids is 1. The van der Waals surface area contributed by atoms with Crippen molar-refractivity contribution >= 4 is 40.5 Å². The summed E-state index contributed by atoms with van der Waals surface area (Å²) in [7, 11) is 0. The Hall–Kier alpha value is -1.85. The summed E-state index contributed by atoms with van der Waals surface area (Å²) in [5, 5.41) is 13.7. The number of carboxylic acid groups (broad SMARTS) is 1. The monoisotopic (exact) mass is 295 g/mol. The predicted octanol–water partition coefficient (Wildman–Crippen LogP) is 3.66. The molecular formula is C13H10ClNO3S. The standard InChI is InChI=1S/C13H10ClNO3S/c1-7-6-19-11(10(7)14)12(16)15-9-4-2-8(3-5-9)13(17)18/h2-6H,1H3,(H,15,16)(H,17,18). The van der Waals surface area contributed by atoms with Crippen LogP contribution in [0.2, 0.25) is 5.02 Å². The lowest BCUT2D eigenvalue weighted by atomic mass is 10.2. The third-order valence-corrected chi connectivity index (χ3v) is 4.19. The van der Waals surface area contributed by atoms with Gasteiger partial charge in [-0.3, -0.25) is 4.79 Å². The number of halogens is 1. The van der Waals surface area contributed by atoms with Crippen LogP contribution in [-0.2, 0) is 0 Å². The Morgan fingerprint density at radius 1 is 1.26 bits per heavy atom. The summed E-state index contributed by atoms with van der Waals surface area (Å²) >= 11 is 7.28. The van der Waals surface area contributed by atoms with Crippen LogP contribution >= 0.6 is 22.9 Å². The van der Waals surface area contributed by atoms with Crippen LogP contribution in [0.3, 0.4) is 0 Å². The van der Waals surface area contributed by atoms with E-state index < -0.39 is 5.97 Å². The molecule has 0 unspecified atom stereocenters. The summed E-state index contributed by atoms with van der Waals surface area (Å²) in [5.41, 5.74) is 1.55. The molecule has 1 aromatic heterocycles. The highest BCUT2D eigenvalue weighted by Gasteiger charge is 2.14. The number of nitrogens with one attached hydrogen (secondary N) is 1. The van der Waals surface area contributed by atoms with E-state index in [9.17, 15) is 9.59 Å². The summed E-state index contributed by atoms with van der Waals surface area (Å²) < 4.78 is 0. The van der Waals surface area contributed by atoms with Gasteiger partial charge in [-0.2, -0.15) is 0 Å². The molecule has 1 heterocycles. The van der Waals surface area contributed by atoms with Gasteiger partial charge in [0.25, 0.3) is 5.91 Å². The number of aryl methyl sites for hydroxylation is 1. The van der Waals surface area contributed by atoms with Crippen molar-refractivity contribution in [2.75, 3.05) is 5.32 Å². The van der Waals surface area contributed by atoms with E-state index in [4.69, 9.17) is 16.7 Å².